The van der Waals surface area contributed by atoms with Crippen LogP contribution in [0.1, 0.15) is 38.7 Å². The Morgan fingerprint density at radius 2 is 1.75 bits per heavy atom. The summed E-state index contributed by atoms with van der Waals surface area (Å²) in [6.45, 7) is 7.15. The normalized spacial score (nSPS) is 20.9. The molecule has 1 aromatic carbocycles. The van der Waals surface area contributed by atoms with Gasteiger partial charge in [0.25, 0.3) is 5.91 Å². The van der Waals surface area contributed by atoms with E-state index in [1.807, 2.05) is 34.1 Å². The number of nitrogens with zero attached hydrogens (tertiary/aromatic N) is 2. The minimum absolute atomic E-state index is 0. The molecule has 2 fully saturated rings. The predicted molar refractivity (Wildman–Crippen MR) is 112 cm³/mol. The molecule has 0 aromatic heterocycles. The second kappa shape index (κ2) is 10.7. The summed E-state index contributed by atoms with van der Waals surface area (Å²) in [4.78, 5) is 29.0. The number of aryl methyl sites for hydroxylation is 1. The molecule has 2 aliphatic rings. The summed E-state index contributed by atoms with van der Waals surface area (Å²) in [6, 6.07) is 7.83. The molecule has 1 aromatic rings. The second-order valence-electron chi connectivity index (χ2n) is 7.41. The molecule has 1 N–H and O–H groups in total. The lowest BCUT2D eigenvalue weighted by molar-refractivity contribution is -0.144. The topological polar surface area (TPSA) is 61.9 Å². The maximum absolute atomic E-state index is 12.7. The number of piperidine rings is 1. The molecular weight excluding hydrogens is 378 g/mol. The van der Waals surface area contributed by atoms with Gasteiger partial charge in [-0.1, -0.05) is 25.5 Å². The molecular formula is C21H32ClN3O3. The molecule has 7 heteroatoms. The molecule has 2 aliphatic heterocycles. The molecule has 2 saturated heterocycles. The zero-order valence-electron chi connectivity index (χ0n) is 16.9. The number of hydrogen-bond acceptors (Lipinski definition) is 4. The summed E-state index contributed by atoms with van der Waals surface area (Å²) in [5.41, 5.74) is 1.24. The van der Waals surface area contributed by atoms with Crippen LogP contribution in [-0.4, -0.2) is 66.5 Å². The number of halogens is 1. The van der Waals surface area contributed by atoms with Crippen molar-refractivity contribution in [3.05, 3.63) is 29.8 Å². The van der Waals surface area contributed by atoms with Crippen LogP contribution in [0, 0.1) is 0 Å². The number of benzene rings is 1. The van der Waals surface area contributed by atoms with E-state index in [-0.39, 0.29) is 30.3 Å². The van der Waals surface area contributed by atoms with Crippen molar-refractivity contribution in [2.45, 2.75) is 51.7 Å². The molecule has 2 atom stereocenters. The fourth-order valence-corrected chi connectivity index (χ4v) is 3.75. The number of nitrogens with one attached hydrogen (secondary N) is 1. The monoisotopic (exact) mass is 409 g/mol. The standard InChI is InChI=1S/C21H31N3O3.ClH/c1-3-17-7-9-18(10-8-17)27-16(2)20(25)23-12-14-24(15-13-23)21(26)19-6-4-5-11-22-19;/h7-10,16,19,22H,3-6,11-15H2,1-2H3;1H. The fourth-order valence-electron chi connectivity index (χ4n) is 3.75. The average Bonchev–Trinajstić information content (AvgIpc) is 2.74. The number of carbonyl (C=O) groups excluding carboxylic acids is 2. The van der Waals surface area contributed by atoms with Gasteiger partial charge in [-0.3, -0.25) is 9.59 Å². The smallest absolute Gasteiger partial charge is 0.263 e. The molecule has 0 saturated carbocycles. The van der Waals surface area contributed by atoms with Crippen LogP contribution in [0.25, 0.3) is 0 Å². The number of rotatable bonds is 5. The van der Waals surface area contributed by atoms with Crippen molar-refractivity contribution >= 4 is 24.2 Å². The third-order valence-electron chi connectivity index (χ3n) is 5.50. The average molecular weight is 410 g/mol. The quantitative estimate of drug-likeness (QED) is 0.810. The van der Waals surface area contributed by atoms with Gasteiger partial charge in [0.15, 0.2) is 6.10 Å². The Balaban J connectivity index is 0.00000280. The van der Waals surface area contributed by atoms with E-state index < -0.39 is 6.10 Å². The Hall–Kier alpha value is -1.79. The van der Waals surface area contributed by atoms with Crippen molar-refractivity contribution in [1.82, 2.24) is 15.1 Å². The van der Waals surface area contributed by atoms with Gasteiger partial charge in [-0.05, 0) is 50.4 Å². The number of hydrogen-bond donors (Lipinski definition) is 1. The van der Waals surface area contributed by atoms with Gasteiger partial charge in [0.1, 0.15) is 5.75 Å². The first kappa shape index (κ1) is 22.5. The minimum atomic E-state index is -0.528. The summed E-state index contributed by atoms with van der Waals surface area (Å²) < 4.78 is 5.82. The van der Waals surface area contributed by atoms with Crippen molar-refractivity contribution in [2.24, 2.45) is 0 Å². The molecule has 2 heterocycles. The largest absolute Gasteiger partial charge is 0.481 e. The van der Waals surface area contributed by atoms with E-state index in [2.05, 4.69) is 12.2 Å². The van der Waals surface area contributed by atoms with Gasteiger partial charge < -0.3 is 19.9 Å². The van der Waals surface area contributed by atoms with Gasteiger partial charge >= 0.3 is 0 Å². The van der Waals surface area contributed by atoms with E-state index in [9.17, 15) is 9.59 Å². The van der Waals surface area contributed by atoms with Crippen LogP contribution in [0.5, 0.6) is 5.75 Å². The third-order valence-corrected chi connectivity index (χ3v) is 5.50. The summed E-state index contributed by atoms with van der Waals surface area (Å²) in [7, 11) is 0. The lowest BCUT2D eigenvalue weighted by atomic mass is 10.0. The Bertz CT molecular complexity index is 639. The highest BCUT2D eigenvalue weighted by atomic mass is 35.5. The molecule has 28 heavy (non-hydrogen) atoms. The SMILES string of the molecule is CCc1ccc(OC(C)C(=O)N2CCN(C(=O)C3CCCCN3)CC2)cc1.Cl. The van der Waals surface area contributed by atoms with Crippen molar-refractivity contribution in [3.63, 3.8) is 0 Å². The zero-order valence-corrected chi connectivity index (χ0v) is 17.7. The molecule has 3 rings (SSSR count). The lowest BCUT2D eigenvalue weighted by Crippen LogP contribution is -2.57. The maximum atomic E-state index is 12.7. The van der Waals surface area contributed by atoms with Gasteiger partial charge in [-0.25, -0.2) is 0 Å². The number of ether oxygens (including phenoxy) is 1. The Morgan fingerprint density at radius 1 is 1.11 bits per heavy atom. The molecule has 0 bridgehead atoms. The van der Waals surface area contributed by atoms with Crippen LogP contribution in [0.15, 0.2) is 24.3 Å². The van der Waals surface area contributed by atoms with E-state index >= 15 is 0 Å². The van der Waals surface area contributed by atoms with E-state index in [0.717, 1.165) is 32.2 Å². The fraction of sp³-hybridized carbons (Fsp3) is 0.619. The molecule has 0 aliphatic carbocycles. The Labute approximate surface area is 174 Å². The lowest BCUT2D eigenvalue weighted by Gasteiger charge is -2.38. The highest BCUT2D eigenvalue weighted by molar-refractivity contribution is 5.85. The molecule has 2 amide bonds. The minimum Gasteiger partial charge on any atom is -0.481 e. The molecule has 156 valence electrons. The van der Waals surface area contributed by atoms with E-state index in [4.69, 9.17) is 4.74 Å². The maximum Gasteiger partial charge on any atom is 0.263 e. The van der Waals surface area contributed by atoms with Crippen molar-refractivity contribution in [3.8, 4) is 5.75 Å². The Morgan fingerprint density at radius 3 is 2.32 bits per heavy atom. The molecule has 6 nitrogen and oxygen atoms in total. The Kier molecular flexibility index (Phi) is 8.58. The second-order valence-corrected chi connectivity index (χ2v) is 7.41. The van der Waals surface area contributed by atoms with Gasteiger partial charge in [0.05, 0.1) is 6.04 Å². The van der Waals surface area contributed by atoms with E-state index in [1.54, 1.807) is 6.92 Å². The first-order valence-electron chi connectivity index (χ1n) is 10.1. The van der Waals surface area contributed by atoms with Gasteiger partial charge in [0, 0.05) is 26.2 Å². The van der Waals surface area contributed by atoms with Crippen LogP contribution in [0.4, 0.5) is 0 Å². The summed E-state index contributed by atoms with van der Waals surface area (Å²) in [6.07, 6.45) is 3.62. The number of carbonyl (C=O) groups is 2. The predicted octanol–water partition coefficient (Wildman–Crippen LogP) is 2.25. The molecule has 0 radical (unpaired) electrons. The zero-order chi connectivity index (χ0) is 19.2. The van der Waals surface area contributed by atoms with Gasteiger partial charge in [-0.2, -0.15) is 0 Å². The van der Waals surface area contributed by atoms with Crippen molar-refractivity contribution in [1.29, 1.82) is 0 Å². The van der Waals surface area contributed by atoms with Crippen molar-refractivity contribution in [2.75, 3.05) is 32.7 Å². The van der Waals surface area contributed by atoms with Crippen LogP contribution in [0.3, 0.4) is 0 Å². The van der Waals surface area contributed by atoms with Gasteiger partial charge in [-0.15, -0.1) is 12.4 Å². The number of amides is 2. The van der Waals surface area contributed by atoms with Crippen LogP contribution < -0.4 is 10.1 Å². The molecule has 0 spiro atoms. The summed E-state index contributed by atoms with van der Waals surface area (Å²) in [5.74, 6) is 0.879. The van der Waals surface area contributed by atoms with Crippen LogP contribution >= 0.6 is 12.4 Å². The van der Waals surface area contributed by atoms with Crippen LogP contribution in [0.2, 0.25) is 0 Å². The summed E-state index contributed by atoms with van der Waals surface area (Å²) in [5, 5.41) is 3.31. The highest BCUT2D eigenvalue weighted by Gasteiger charge is 2.31. The highest BCUT2D eigenvalue weighted by Crippen LogP contribution is 2.16. The molecule has 2 unspecified atom stereocenters. The summed E-state index contributed by atoms with van der Waals surface area (Å²) >= 11 is 0. The van der Waals surface area contributed by atoms with E-state index in [1.165, 1.54) is 5.56 Å². The van der Waals surface area contributed by atoms with Gasteiger partial charge in [0.2, 0.25) is 5.91 Å². The van der Waals surface area contributed by atoms with Crippen molar-refractivity contribution < 1.29 is 14.3 Å². The third kappa shape index (κ3) is 5.61. The first-order chi connectivity index (χ1) is 13.1. The number of piperazine rings is 1. The first-order valence-corrected chi connectivity index (χ1v) is 10.1. The van der Waals surface area contributed by atoms with Crippen LogP contribution in [-0.2, 0) is 16.0 Å². The van der Waals surface area contributed by atoms with E-state index in [0.29, 0.717) is 31.9 Å².